The molecule has 148 valence electrons. The number of aliphatic imine (C=N–C) groups is 1. The van der Waals surface area contributed by atoms with E-state index in [0.717, 1.165) is 57.7 Å². The molecular formula is C22H27FN4O. The first-order chi connectivity index (χ1) is 13.5. The van der Waals surface area contributed by atoms with E-state index >= 15 is 0 Å². The van der Waals surface area contributed by atoms with Gasteiger partial charge >= 0.3 is 6.03 Å². The van der Waals surface area contributed by atoms with Crippen molar-refractivity contribution in [3.8, 4) is 11.8 Å². The molecule has 2 atom stereocenters. The molecule has 3 aliphatic rings. The summed E-state index contributed by atoms with van der Waals surface area (Å²) in [6.07, 6.45) is 3.80. The third-order valence-electron chi connectivity index (χ3n) is 6.24. The van der Waals surface area contributed by atoms with Gasteiger partial charge < -0.3 is 4.90 Å². The van der Waals surface area contributed by atoms with Crippen LogP contribution in [0, 0.1) is 17.7 Å². The number of benzene rings is 1. The number of likely N-dealkylation sites (tertiary alicyclic amines) is 2. The van der Waals surface area contributed by atoms with Crippen molar-refractivity contribution in [3.63, 3.8) is 0 Å². The van der Waals surface area contributed by atoms with Crippen LogP contribution < -0.4 is 4.90 Å². The molecule has 3 aliphatic heterocycles. The maximum absolute atomic E-state index is 14.0. The lowest BCUT2D eigenvalue weighted by Gasteiger charge is -2.49. The molecule has 0 unspecified atom stereocenters. The number of hydrogen-bond donors (Lipinski definition) is 0. The summed E-state index contributed by atoms with van der Waals surface area (Å²) in [5, 5.41) is 0. The minimum atomic E-state index is -0.509. The van der Waals surface area contributed by atoms with Gasteiger partial charge in [-0.2, -0.15) is 4.99 Å². The largest absolute Gasteiger partial charge is 0.358 e. The minimum Gasteiger partial charge on any atom is -0.358 e. The van der Waals surface area contributed by atoms with Crippen LogP contribution in [0.2, 0.25) is 0 Å². The minimum absolute atomic E-state index is 0.254. The first-order valence-electron chi connectivity index (χ1n) is 10.1. The average Bonchev–Trinajstić information content (AvgIpc) is 3.28. The van der Waals surface area contributed by atoms with Crippen molar-refractivity contribution in [1.82, 2.24) is 9.80 Å². The molecule has 1 aromatic carbocycles. The summed E-state index contributed by atoms with van der Waals surface area (Å²) in [6, 6.07) is 6.31. The predicted molar refractivity (Wildman–Crippen MR) is 109 cm³/mol. The smallest absolute Gasteiger partial charge is 0.350 e. The molecule has 0 aromatic heterocycles. The molecule has 1 aromatic rings. The highest BCUT2D eigenvalue weighted by atomic mass is 19.1. The fourth-order valence-electron chi connectivity index (χ4n) is 4.88. The van der Waals surface area contributed by atoms with E-state index in [1.165, 1.54) is 12.1 Å². The first-order valence-corrected chi connectivity index (χ1v) is 10.1. The van der Waals surface area contributed by atoms with E-state index in [-0.39, 0.29) is 17.9 Å². The number of nitrogens with zero attached hydrogens (tertiary/aromatic N) is 4. The SMILES string of the molecule is CC#CCN1CC[C@@]2(C[C@@H]1C)C(N1CCCC1)=NC(=O)N2c1cccc(F)c1. The molecular weight excluding hydrogens is 355 g/mol. The normalized spacial score (nSPS) is 27.9. The summed E-state index contributed by atoms with van der Waals surface area (Å²) < 4.78 is 14.0. The second kappa shape index (κ2) is 7.56. The van der Waals surface area contributed by atoms with Crippen LogP contribution in [0.15, 0.2) is 29.3 Å². The Kier molecular flexibility index (Phi) is 5.11. The third-order valence-corrected chi connectivity index (χ3v) is 6.24. The maximum atomic E-state index is 14.0. The van der Waals surface area contributed by atoms with Crippen molar-refractivity contribution in [1.29, 1.82) is 0 Å². The highest BCUT2D eigenvalue weighted by Crippen LogP contribution is 2.42. The molecule has 2 amide bonds. The molecule has 0 N–H and O–H groups in total. The molecule has 5 nitrogen and oxygen atoms in total. The van der Waals surface area contributed by atoms with Crippen molar-refractivity contribution in [2.75, 3.05) is 31.1 Å². The van der Waals surface area contributed by atoms with Gasteiger partial charge in [0.25, 0.3) is 0 Å². The van der Waals surface area contributed by atoms with E-state index in [1.54, 1.807) is 11.0 Å². The van der Waals surface area contributed by atoms with Gasteiger partial charge in [-0.15, -0.1) is 5.92 Å². The summed E-state index contributed by atoms with van der Waals surface area (Å²) in [5.41, 5.74) is 0.0852. The van der Waals surface area contributed by atoms with Crippen LogP contribution in [0.25, 0.3) is 0 Å². The van der Waals surface area contributed by atoms with Crippen LogP contribution in [0.5, 0.6) is 0 Å². The van der Waals surface area contributed by atoms with E-state index in [9.17, 15) is 9.18 Å². The number of anilines is 1. The van der Waals surface area contributed by atoms with E-state index in [2.05, 4.69) is 33.6 Å². The molecule has 2 fully saturated rings. The number of amidine groups is 1. The molecule has 3 heterocycles. The number of amides is 2. The fraction of sp³-hybridized carbons (Fsp3) is 0.545. The Hall–Kier alpha value is -2.39. The zero-order valence-electron chi connectivity index (χ0n) is 16.6. The van der Waals surface area contributed by atoms with Crippen molar-refractivity contribution < 1.29 is 9.18 Å². The Labute approximate surface area is 166 Å². The van der Waals surface area contributed by atoms with E-state index in [0.29, 0.717) is 5.69 Å². The van der Waals surface area contributed by atoms with Crippen LogP contribution in [0.4, 0.5) is 14.9 Å². The number of piperidine rings is 1. The Balaban J connectivity index is 1.72. The second-order valence-corrected chi connectivity index (χ2v) is 7.96. The Morgan fingerprint density at radius 2 is 2.07 bits per heavy atom. The van der Waals surface area contributed by atoms with Gasteiger partial charge in [0, 0.05) is 31.4 Å². The van der Waals surface area contributed by atoms with Crippen LogP contribution in [-0.2, 0) is 0 Å². The topological polar surface area (TPSA) is 39.1 Å². The monoisotopic (exact) mass is 382 g/mol. The van der Waals surface area contributed by atoms with Gasteiger partial charge in [-0.05, 0) is 57.7 Å². The number of urea groups is 1. The van der Waals surface area contributed by atoms with Gasteiger partial charge in [0.05, 0.1) is 6.54 Å². The van der Waals surface area contributed by atoms with Gasteiger partial charge in [0.2, 0.25) is 0 Å². The highest BCUT2D eigenvalue weighted by molar-refractivity contribution is 6.16. The van der Waals surface area contributed by atoms with Crippen LogP contribution in [-0.4, -0.2) is 59.4 Å². The number of halogens is 1. The van der Waals surface area contributed by atoms with Crippen LogP contribution in [0.3, 0.4) is 0 Å². The summed E-state index contributed by atoms with van der Waals surface area (Å²) in [4.78, 5) is 23.9. The molecule has 0 aliphatic carbocycles. The van der Waals surface area contributed by atoms with E-state index in [4.69, 9.17) is 0 Å². The average molecular weight is 382 g/mol. The summed E-state index contributed by atoms with van der Waals surface area (Å²) in [7, 11) is 0. The molecule has 6 heteroatoms. The van der Waals surface area contributed by atoms with Gasteiger partial charge in [-0.3, -0.25) is 9.80 Å². The molecule has 4 rings (SSSR count). The summed E-state index contributed by atoms with van der Waals surface area (Å²) >= 11 is 0. The maximum Gasteiger partial charge on any atom is 0.350 e. The number of carbonyl (C=O) groups is 1. The Bertz CT molecular complexity index is 852. The fourth-order valence-corrected chi connectivity index (χ4v) is 4.88. The molecule has 2 saturated heterocycles. The Morgan fingerprint density at radius 3 is 2.75 bits per heavy atom. The lowest BCUT2D eigenvalue weighted by Crippen LogP contribution is -2.63. The molecule has 0 saturated carbocycles. The number of carbonyl (C=O) groups excluding carboxylic acids is 1. The summed E-state index contributed by atoms with van der Waals surface area (Å²) in [5.74, 6) is 6.67. The van der Waals surface area contributed by atoms with Crippen molar-refractivity contribution in [3.05, 3.63) is 30.1 Å². The van der Waals surface area contributed by atoms with Crippen molar-refractivity contribution in [2.45, 2.75) is 51.1 Å². The van der Waals surface area contributed by atoms with Gasteiger partial charge in [0.1, 0.15) is 17.2 Å². The Morgan fingerprint density at radius 1 is 1.29 bits per heavy atom. The van der Waals surface area contributed by atoms with Crippen molar-refractivity contribution >= 4 is 17.6 Å². The molecule has 0 radical (unpaired) electrons. The first kappa shape index (κ1) is 18.9. The lowest BCUT2D eigenvalue weighted by molar-refractivity contribution is 0.142. The lowest BCUT2D eigenvalue weighted by atomic mass is 9.80. The van der Waals surface area contributed by atoms with Crippen LogP contribution in [0.1, 0.15) is 39.5 Å². The predicted octanol–water partition coefficient (Wildman–Crippen LogP) is 3.51. The summed E-state index contributed by atoms with van der Waals surface area (Å²) in [6.45, 7) is 7.48. The van der Waals surface area contributed by atoms with Gasteiger partial charge in [-0.25, -0.2) is 9.18 Å². The van der Waals surface area contributed by atoms with Crippen LogP contribution >= 0.6 is 0 Å². The standard InChI is InChI=1S/C22H27FN4O/c1-3-4-11-25-14-10-22(16-17(25)2)20(26-12-5-6-13-26)24-21(28)27(22)19-9-7-8-18(23)15-19/h7-9,15,17H,5-6,10-14,16H2,1-2H3/t17-,22+/m0/s1. The zero-order valence-corrected chi connectivity index (χ0v) is 16.6. The second-order valence-electron chi connectivity index (χ2n) is 7.96. The third kappa shape index (κ3) is 3.18. The van der Waals surface area contributed by atoms with Gasteiger partial charge in [-0.1, -0.05) is 12.0 Å². The zero-order chi connectivity index (χ0) is 19.7. The quantitative estimate of drug-likeness (QED) is 0.735. The number of hydrogen-bond acceptors (Lipinski definition) is 3. The molecule has 28 heavy (non-hydrogen) atoms. The van der Waals surface area contributed by atoms with E-state index in [1.807, 2.05) is 13.0 Å². The number of rotatable bonds is 2. The van der Waals surface area contributed by atoms with Gasteiger partial charge in [0.15, 0.2) is 0 Å². The van der Waals surface area contributed by atoms with Crippen molar-refractivity contribution in [2.24, 2.45) is 4.99 Å². The highest BCUT2D eigenvalue weighted by Gasteiger charge is 2.55. The molecule has 0 bridgehead atoms. The van der Waals surface area contributed by atoms with E-state index < -0.39 is 5.54 Å². The molecule has 1 spiro atoms.